The molecule has 0 aliphatic rings. The Hall–Kier alpha value is -3.94. The Morgan fingerprint density at radius 1 is 1.18 bits per heavy atom. The van der Waals surface area contributed by atoms with E-state index in [1.54, 1.807) is 14.0 Å². The van der Waals surface area contributed by atoms with Crippen LogP contribution >= 0.6 is 0 Å². The van der Waals surface area contributed by atoms with Crippen molar-refractivity contribution in [1.82, 2.24) is 14.9 Å². The van der Waals surface area contributed by atoms with E-state index in [1.807, 2.05) is 63.2 Å². The van der Waals surface area contributed by atoms with Gasteiger partial charge < -0.3 is 14.6 Å². The van der Waals surface area contributed by atoms with E-state index in [1.165, 1.54) is 4.68 Å². The first-order valence-corrected chi connectivity index (χ1v) is 10.7. The summed E-state index contributed by atoms with van der Waals surface area (Å²) in [4.78, 5) is 26.6. The first-order valence-electron chi connectivity index (χ1n) is 10.7. The summed E-state index contributed by atoms with van der Waals surface area (Å²) in [6.07, 6.45) is 0.365. The summed E-state index contributed by atoms with van der Waals surface area (Å²) in [7, 11) is 1.58. The molecule has 0 saturated carbocycles. The maximum absolute atomic E-state index is 13.3. The molecule has 0 fully saturated rings. The number of anilines is 1. The van der Waals surface area contributed by atoms with E-state index < -0.39 is 11.6 Å². The fourth-order valence-electron chi connectivity index (χ4n) is 3.85. The van der Waals surface area contributed by atoms with Gasteiger partial charge in [-0.2, -0.15) is 5.10 Å². The summed E-state index contributed by atoms with van der Waals surface area (Å²) >= 11 is 0. The number of nitrogens with one attached hydrogen (secondary N) is 1. The van der Waals surface area contributed by atoms with Crippen LogP contribution in [0.25, 0.3) is 22.2 Å². The Bertz CT molecular complexity index is 1400. The number of fused-ring (bicyclic) bond motifs is 1. The number of ether oxygens (including phenoxy) is 1. The van der Waals surface area contributed by atoms with Gasteiger partial charge in [-0.15, -0.1) is 0 Å². The second kappa shape index (κ2) is 8.90. The van der Waals surface area contributed by atoms with Crippen LogP contribution in [0.3, 0.4) is 0 Å². The lowest BCUT2D eigenvalue weighted by molar-refractivity contribution is -0.119. The molecule has 170 valence electrons. The molecular formula is C25H26N4O4. The normalized spacial score (nSPS) is 12.0. The molecule has 0 aliphatic heterocycles. The van der Waals surface area contributed by atoms with Crippen LogP contribution in [0.5, 0.6) is 5.75 Å². The number of carbonyl (C=O) groups excluding carboxylic acids is 1. The van der Waals surface area contributed by atoms with Gasteiger partial charge in [-0.25, -0.2) is 4.68 Å². The number of hydrogen-bond donors (Lipinski definition) is 1. The average Bonchev–Trinajstić information content (AvgIpc) is 3.20. The predicted octanol–water partition coefficient (Wildman–Crippen LogP) is 4.58. The van der Waals surface area contributed by atoms with Crippen LogP contribution in [0, 0.1) is 20.8 Å². The van der Waals surface area contributed by atoms with Crippen molar-refractivity contribution in [2.75, 3.05) is 12.4 Å². The molecule has 2 aromatic carbocycles. The number of benzene rings is 2. The molecule has 0 saturated heterocycles. The van der Waals surface area contributed by atoms with Gasteiger partial charge in [0.2, 0.25) is 5.91 Å². The molecule has 1 atom stereocenters. The third-order valence-electron chi connectivity index (χ3n) is 5.70. The first kappa shape index (κ1) is 22.3. The Labute approximate surface area is 191 Å². The Morgan fingerprint density at radius 3 is 2.70 bits per heavy atom. The zero-order chi connectivity index (χ0) is 23.7. The van der Waals surface area contributed by atoms with Crippen LogP contribution in [0.1, 0.15) is 36.3 Å². The molecule has 0 radical (unpaired) electrons. The van der Waals surface area contributed by atoms with Gasteiger partial charge in [0.25, 0.3) is 5.56 Å². The van der Waals surface area contributed by atoms with Gasteiger partial charge in [0.1, 0.15) is 23.2 Å². The number of carbonyl (C=O) groups is 1. The zero-order valence-electron chi connectivity index (χ0n) is 19.3. The second-order valence-electron chi connectivity index (χ2n) is 8.02. The largest absolute Gasteiger partial charge is 0.497 e. The number of rotatable bonds is 6. The molecule has 4 rings (SSSR count). The zero-order valence-corrected chi connectivity index (χ0v) is 19.3. The van der Waals surface area contributed by atoms with E-state index in [-0.39, 0.29) is 11.4 Å². The molecule has 4 aromatic rings. The third kappa shape index (κ3) is 4.11. The predicted molar refractivity (Wildman–Crippen MR) is 127 cm³/mol. The fourth-order valence-corrected chi connectivity index (χ4v) is 3.85. The van der Waals surface area contributed by atoms with E-state index in [0.29, 0.717) is 34.7 Å². The molecule has 33 heavy (non-hydrogen) atoms. The molecule has 2 aromatic heterocycles. The van der Waals surface area contributed by atoms with Gasteiger partial charge in [0.15, 0.2) is 5.52 Å². The number of hydrogen-bond acceptors (Lipinski definition) is 6. The molecule has 0 bridgehead atoms. The molecule has 2 heterocycles. The van der Waals surface area contributed by atoms with Gasteiger partial charge in [-0.3, -0.25) is 9.59 Å². The van der Waals surface area contributed by atoms with Crippen LogP contribution in [0.2, 0.25) is 0 Å². The number of methoxy groups -OCH3 is 1. The molecular weight excluding hydrogens is 420 g/mol. The summed E-state index contributed by atoms with van der Waals surface area (Å²) in [5, 5.41) is 12.1. The standard InChI is InChI=1S/C25H26N4O4/c1-6-20(24(30)26-19-12-14(2)10-11-15(19)3)29-25(31)23-21(16(4)33-28-23)22(27-29)17-8-7-9-18(13-17)32-5/h7-13,20H,6H2,1-5H3,(H,26,30). The van der Waals surface area contributed by atoms with E-state index >= 15 is 0 Å². The second-order valence-corrected chi connectivity index (χ2v) is 8.02. The minimum absolute atomic E-state index is 0.137. The van der Waals surface area contributed by atoms with E-state index in [4.69, 9.17) is 9.26 Å². The maximum Gasteiger partial charge on any atom is 0.297 e. The summed E-state index contributed by atoms with van der Waals surface area (Å²) in [6, 6.07) is 12.3. The van der Waals surface area contributed by atoms with Crippen LogP contribution in [-0.4, -0.2) is 28.0 Å². The van der Waals surface area contributed by atoms with Gasteiger partial charge in [0, 0.05) is 11.3 Å². The van der Waals surface area contributed by atoms with Crippen LogP contribution in [0.15, 0.2) is 51.8 Å². The highest BCUT2D eigenvalue weighted by Crippen LogP contribution is 2.30. The average molecular weight is 447 g/mol. The van der Waals surface area contributed by atoms with Crippen LogP contribution < -0.4 is 15.6 Å². The summed E-state index contributed by atoms with van der Waals surface area (Å²) in [6.45, 7) is 7.45. The number of amides is 1. The fraction of sp³-hybridized carbons (Fsp3) is 0.280. The van der Waals surface area contributed by atoms with Crippen LogP contribution in [0.4, 0.5) is 5.69 Å². The monoisotopic (exact) mass is 446 g/mol. The molecule has 0 spiro atoms. The Kier molecular flexibility index (Phi) is 6.00. The molecule has 8 heteroatoms. The van der Waals surface area contributed by atoms with Crippen molar-refractivity contribution in [3.63, 3.8) is 0 Å². The molecule has 1 amide bonds. The van der Waals surface area contributed by atoms with Crippen molar-refractivity contribution >= 4 is 22.5 Å². The van der Waals surface area contributed by atoms with Crippen molar-refractivity contribution < 1.29 is 14.1 Å². The van der Waals surface area contributed by atoms with Gasteiger partial charge in [-0.05, 0) is 56.5 Å². The smallest absolute Gasteiger partial charge is 0.297 e. The van der Waals surface area contributed by atoms with Crippen molar-refractivity contribution in [1.29, 1.82) is 0 Å². The van der Waals surface area contributed by atoms with Gasteiger partial charge >= 0.3 is 0 Å². The molecule has 1 unspecified atom stereocenters. The summed E-state index contributed by atoms with van der Waals surface area (Å²) in [5.74, 6) is 0.804. The number of nitrogens with zero attached hydrogens (tertiary/aromatic N) is 3. The van der Waals surface area contributed by atoms with Crippen molar-refractivity contribution in [2.45, 2.75) is 40.2 Å². The van der Waals surface area contributed by atoms with E-state index in [2.05, 4.69) is 15.6 Å². The summed E-state index contributed by atoms with van der Waals surface area (Å²) in [5.41, 5.74) is 3.56. The quantitative estimate of drug-likeness (QED) is 0.466. The number of aromatic nitrogens is 3. The Morgan fingerprint density at radius 2 is 1.97 bits per heavy atom. The minimum Gasteiger partial charge on any atom is -0.497 e. The summed E-state index contributed by atoms with van der Waals surface area (Å²) < 4.78 is 11.9. The highest BCUT2D eigenvalue weighted by molar-refractivity contribution is 5.96. The highest BCUT2D eigenvalue weighted by atomic mass is 16.5. The molecule has 1 N–H and O–H groups in total. The maximum atomic E-state index is 13.3. The van der Waals surface area contributed by atoms with Crippen LogP contribution in [-0.2, 0) is 4.79 Å². The third-order valence-corrected chi connectivity index (χ3v) is 5.70. The van der Waals surface area contributed by atoms with E-state index in [0.717, 1.165) is 16.7 Å². The topological polar surface area (TPSA) is 99.2 Å². The Balaban J connectivity index is 1.85. The van der Waals surface area contributed by atoms with Crippen molar-refractivity contribution in [3.05, 3.63) is 69.7 Å². The van der Waals surface area contributed by atoms with Gasteiger partial charge in [0.05, 0.1) is 12.5 Å². The van der Waals surface area contributed by atoms with E-state index in [9.17, 15) is 9.59 Å². The highest BCUT2D eigenvalue weighted by Gasteiger charge is 2.26. The first-order chi connectivity index (χ1) is 15.8. The molecule has 0 aliphatic carbocycles. The minimum atomic E-state index is -0.830. The molecule has 8 nitrogen and oxygen atoms in total. The van der Waals surface area contributed by atoms with Gasteiger partial charge in [-0.1, -0.05) is 36.3 Å². The lowest BCUT2D eigenvalue weighted by Crippen LogP contribution is -2.35. The SMILES string of the molecule is CCC(C(=O)Nc1cc(C)ccc1C)n1nc(-c2cccc(OC)c2)c2c(C)onc2c1=O. The van der Waals surface area contributed by atoms with Crippen molar-refractivity contribution in [3.8, 4) is 17.0 Å². The lowest BCUT2D eigenvalue weighted by Gasteiger charge is -2.19. The lowest BCUT2D eigenvalue weighted by atomic mass is 10.1. The van der Waals surface area contributed by atoms with Crippen molar-refractivity contribution in [2.24, 2.45) is 0 Å². The number of aryl methyl sites for hydroxylation is 3.